The van der Waals surface area contributed by atoms with Crippen molar-refractivity contribution in [2.75, 3.05) is 5.32 Å². The normalized spacial score (nSPS) is 19.0. The smallest absolute Gasteiger partial charge is 0.322 e. The molecule has 3 amide bonds. The Morgan fingerprint density at radius 1 is 1.28 bits per heavy atom. The topological polar surface area (TPSA) is 147 Å². The first kappa shape index (κ1) is 16.1. The second kappa shape index (κ2) is 6.35. The van der Waals surface area contributed by atoms with E-state index in [1.54, 1.807) is 6.07 Å². The monoisotopic (exact) mass is 344 g/mol. The van der Waals surface area contributed by atoms with Crippen molar-refractivity contribution in [3.05, 3.63) is 69.8 Å². The molecule has 0 spiro atoms. The summed E-state index contributed by atoms with van der Waals surface area (Å²) in [5.41, 5.74) is -0.160. The Bertz CT molecular complexity index is 874. The molecule has 1 saturated heterocycles. The van der Waals surface area contributed by atoms with E-state index in [9.17, 15) is 24.8 Å². The number of nitrogens with one attached hydrogen (secondary N) is 3. The number of furan rings is 1. The fourth-order valence-electron chi connectivity index (χ4n) is 2.39. The van der Waals surface area contributed by atoms with E-state index in [0.717, 1.165) is 0 Å². The third kappa shape index (κ3) is 3.27. The van der Waals surface area contributed by atoms with E-state index in [1.165, 1.54) is 36.6 Å². The quantitative estimate of drug-likeness (QED) is 0.287. The standard InChI is InChI=1S/C15H12N4O6/c20-13(16-10-5-2-6-25-10)11-12(17-15(22)18-14(11)21)8-3-1-4-9(7-8)19(23)24/h1-7,12,16,20H,(H2,17,18,21,22)/b13-11-. The van der Waals surface area contributed by atoms with Gasteiger partial charge in [0.05, 0.1) is 17.2 Å². The number of aliphatic hydroxyl groups excluding tert-OH is 1. The number of hydrogen-bond donors (Lipinski definition) is 4. The van der Waals surface area contributed by atoms with Crippen LogP contribution in [0.5, 0.6) is 0 Å². The number of imide groups is 1. The first-order valence-corrected chi connectivity index (χ1v) is 7.05. The van der Waals surface area contributed by atoms with E-state index in [2.05, 4.69) is 10.6 Å². The molecule has 10 heteroatoms. The number of benzene rings is 1. The van der Waals surface area contributed by atoms with Gasteiger partial charge in [0.25, 0.3) is 11.6 Å². The van der Waals surface area contributed by atoms with Crippen molar-refractivity contribution in [1.82, 2.24) is 10.6 Å². The molecule has 1 atom stereocenters. The Balaban J connectivity index is 2.04. The zero-order valence-corrected chi connectivity index (χ0v) is 12.6. The maximum absolute atomic E-state index is 12.2. The highest BCUT2D eigenvalue weighted by molar-refractivity contribution is 6.08. The summed E-state index contributed by atoms with van der Waals surface area (Å²) in [5.74, 6) is -1.21. The third-order valence-corrected chi connectivity index (χ3v) is 3.47. The molecule has 3 rings (SSSR count). The van der Waals surface area contributed by atoms with Gasteiger partial charge in [-0.2, -0.15) is 0 Å². The number of aliphatic hydroxyl groups is 1. The SMILES string of the molecule is O=C1NC(=O)/C(=C(\O)Nc2ccco2)C(c2cccc([N+](=O)[O-])c2)N1. The number of carbonyl (C=O) groups is 2. The number of hydrogen-bond acceptors (Lipinski definition) is 7. The summed E-state index contributed by atoms with van der Waals surface area (Å²) in [6.07, 6.45) is 1.36. The summed E-state index contributed by atoms with van der Waals surface area (Å²) in [6.45, 7) is 0. The van der Waals surface area contributed by atoms with E-state index in [1.807, 2.05) is 5.32 Å². The lowest BCUT2D eigenvalue weighted by molar-refractivity contribution is -0.384. The van der Waals surface area contributed by atoms with Crippen LogP contribution in [0.15, 0.2) is 58.5 Å². The van der Waals surface area contributed by atoms with Crippen molar-refractivity contribution in [3.8, 4) is 0 Å². The number of nitro groups is 1. The van der Waals surface area contributed by atoms with Gasteiger partial charge in [-0.05, 0) is 11.6 Å². The van der Waals surface area contributed by atoms with Crippen molar-refractivity contribution < 1.29 is 24.0 Å². The van der Waals surface area contributed by atoms with Crippen LogP contribution in [0.4, 0.5) is 16.4 Å². The van der Waals surface area contributed by atoms with Crippen LogP contribution in [0.3, 0.4) is 0 Å². The van der Waals surface area contributed by atoms with Gasteiger partial charge < -0.3 is 14.8 Å². The first-order chi connectivity index (χ1) is 12.0. The molecule has 1 aliphatic heterocycles. The Labute approximate surface area is 140 Å². The van der Waals surface area contributed by atoms with Crippen molar-refractivity contribution in [2.45, 2.75) is 6.04 Å². The summed E-state index contributed by atoms with van der Waals surface area (Å²) >= 11 is 0. The van der Waals surface area contributed by atoms with E-state index >= 15 is 0 Å². The van der Waals surface area contributed by atoms with Gasteiger partial charge in [-0.3, -0.25) is 25.5 Å². The molecule has 1 aromatic heterocycles. The van der Waals surface area contributed by atoms with Gasteiger partial charge in [0.1, 0.15) is 5.57 Å². The molecule has 1 aliphatic rings. The largest absolute Gasteiger partial charge is 0.494 e. The Morgan fingerprint density at radius 2 is 2.08 bits per heavy atom. The van der Waals surface area contributed by atoms with Crippen molar-refractivity contribution in [3.63, 3.8) is 0 Å². The summed E-state index contributed by atoms with van der Waals surface area (Å²) in [5, 5.41) is 28.2. The average molecular weight is 344 g/mol. The lowest BCUT2D eigenvalue weighted by atomic mass is 9.96. The van der Waals surface area contributed by atoms with Crippen LogP contribution in [0, 0.1) is 10.1 Å². The molecule has 25 heavy (non-hydrogen) atoms. The molecule has 4 N–H and O–H groups in total. The van der Waals surface area contributed by atoms with Crippen LogP contribution in [0.1, 0.15) is 11.6 Å². The van der Waals surface area contributed by atoms with Crippen LogP contribution in [-0.2, 0) is 4.79 Å². The predicted molar refractivity (Wildman–Crippen MR) is 84.5 cm³/mol. The van der Waals surface area contributed by atoms with Crippen molar-refractivity contribution in [1.29, 1.82) is 0 Å². The molecule has 0 saturated carbocycles. The molecule has 10 nitrogen and oxygen atoms in total. The molecular weight excluding hydrogens is 332 g/mol. The molecule has 1 fully saturated rings. The van der Waals surface area contributed by atoms with E-state index in [0.29, 0.717) is 0 Å². The van der Waals surface area contributed by atoms with Gasteiger partial charge >= 0.3 is 6.03 Å². The first-order valence-electron chi connectivity index (χ1n) is 7.05. The van der Waals surface area contributed by atoms with Gasteiger partial charge in [0.2, 0.25) is 5.88 Å². The minimum atomic E-state index is -1.08. The number of anilines is 1. The average Bonchev–Trinajstić information content (AvgIpc) is 3.07. The number of urea groups is 1. The summed E-state index contributed by atoms with van der Waals surface area (Å²) < 4.78 is 5.03. The second-order valence-electron chi connectivity index (χ2n) is 5.08. The highest BCUT2D eigenvalue weighted by atomic mass is 16.6. The molecule has 1 unspecified atom stereocenters. The molecule has 0 bridgehead atoms. The number of nitrogens with zero attached hydrogens (tertiary/aromatic N) is 1. The highest BCUT2D eigenvalue weighted by Gasteiger charge is 2.35. The van der Waals surface area contributed by atoms with E-state index in [-0.39, 0.29) is 22.7 Å². The van der Waals surface area contributed by atoms with Gasteiger partial charge in [-0.1, -0.05) is 12.1 Å². The maximum atomic E-state index is 12.2. The Hall–Kier alpha value is -3.82. The van der Waals surface area contributed by atoms with Crippen LogP contribution in [-0.4, -0.2) is 22.0 Å². The van der Waals surface area contributed by atoms with Crippen LogP contribution < -0.4 is 16.0 Å². The van der Waals surface area contributed by atoms with Crippen molar-refractivity contribution >= 4 is 23.5 Å². The van der Waals surface area contributed by atoms with Gasteiger partial charge in [-0.25, -0.2) is 4.79 Å². The zero-order chi connectivity index (χ0) is 18.0. The number of amides is 3. The Kier molecular flexibility index (Phi) is 4.08. The number of non-ortho nitro benzene ring substituents is 1. The number of nitro benzene ring substituents is 1. The van der Waals surface area contributed by atoms with Crippen molar-refractivity contribution in [2.24, 2.45) is 0 Å². The second-order valence-corrected chi connectivity index (χ2v) is 5.08. The van der Waals surface area contributed by atoms with Gasteiger partial charge in [0.15, 0.2) is 5.88 Å². The fraction of sp³-hybridized carbons (Fsp3) is 0.0667. The molecular formula is C15H12N4O6. The molecule has 2 aromatic rings. The van der Waals surface area contributed by atoms with Gasteiger partial charge in [-0.15, -0.1) is 0 Å². The molecule has 0 aliphatic carbocycles. The lowest BCUT2D eigenvalue weighted by Crippen LogP contribution is -2.50. The van der Waals surface area contributed by atoms with Gasteiger partial charge in [0, 0.05) is 18.2 Å². The molecule has 128 valence electrons. The third-order valence-electron chi connectivity index (χ3n) is 3.47. The van der Waals surface area contributed by atoms with E-state index in [4.69, 9.17) is 4.42 Å². The minimum absolute atomic E-state index is 0.174. The minimum Gasteiger partial charge on any atom is -0.494 e. The zero-order valence-electron chi connectivity index (χ0n) is 12.6. The molecule has 0 radical (unpaired) electrons. The molecule has 2 heterocycles. The Morgan fingerprint density at radius 3 is 2.76 bits per heavy atom. The van der Waals surface area contributed by atoms with E-state index < -0.39 is 28.8 Å². The predicted octanol–water partition coefficient (Wildman–Crippen LogP) is 1.95. The molecule has 1 aromatic carbocycles. The summed E-state index contributed by atoms with van der Waals surface area (Å²) in [7, 11) is 0. The van der Waals surface area contributed by atoms with Crippen LogP contribution in [0.25, 0.3) is 0 Å². The summed E-state index contributed by atoms with van der Waals surface area (Å²) in [4.78, 5) is 34.2. The van der Waals surface area contributed by atoms with Crippen LogP contribution in [0.2, 0.25) is 0 Å². The number of carbonyl (C=O) groups excluding carboxylic acids is 2. The lowest BCUT2D eigenvalue weighted by Gasteiger charge is -2.27. The number of rotatable bonds is 4. The maximum Gasteiger partial charge on any atom is 0.322 e. The highest BCUT2D eigenvalue weighted by Crippen LogP contribution is 2.29. The summed E-state index contributed by atoms with van der Waals surface area (Å²) in [6, 6.07) is 6.62. The van der Waals surface area contributed by atoms with Crippen LogP contribution >= 0.6 is 0 Å². The fourth-order valence-corrected chi connectivity index (χ4v) is 2.39.